The van der Waals surface area contributed by atoms with E-state index in [0.717, 1.165) is 22.4 Å². The fourth-order valence-corrected chi connectivity index (χ4v) is 4.27. The zero-order valence-electron chi connectivity index (χ0n) is 20.2. The van der Waals surface area contributed by atoms with E-state index in [-0.39, 0.29) is 30.9 Å². The van der Waals surface area contributed by atoms with Gasteiger partial charge in [-0.1, -0.05) is 18.2 Å². The molecule has 36 heavy (non-hydrogen) atoms. The van der Waals surface area contributed by atoms with Crippen LogP contribution < -0.4 is 10.6 Å². The maximum Gasteiger partial charge on any atom is 0.242 e. The SMILES string of the molecule is CNC(=O)Cc1nc2ccccc2n1CC(=O)N1CCO[C@@H](c2cccc(Nc3cc(C)[nH]n3)n2)C1. The molecular formula is C25H28N8O3. The molecule has 3 aromatic heterocycles. The van der Waals surface area contributed by atoms with Gasteiger partial charge in [0.05, 0.1) is 36.3 Å². The number of fused-ring (bicyclic) bond motifs is 1. The number of pyridine rings is 1. The van der Waals surface area contributed by atoms with Crippen LogP contribution in [-0.2, 0) is 27.3 Å². The minimum Gasteiger partial charge on any atom is -0.368 e. The number of H-pyrrole nitrogens is 1. The average molecular weight is 489 g/mol. The van der Waals surface area contributed by atoms with Crippen LogP contribution in [0.25, 0.3) is 11.0 Å². The number of carbonyl (C=O) groups is 2. The Labute approximate surface area is 207 Å². The van der Waals surface area contributed by atoms with E-state index >= 15 is 0 Å². The number of likely N-dealkylation sites (N-methyl/N-ethyl adjacent to an activating group) is 1. The number of anilines is 2. The van der Waals surface area contributed by atoms with Gasteiger partial charge < -0.3 is 24.8 Å². The highest BCUT2D eigenvalue weighted by Gasteiger charge is 2.27. The van der Waals surface area contributed by atoms with Crippen molar-refractivity contribution in [1.29, 1.82) is 0 Å². The van der Waals surface area contributed by atoms with Crippen molar-refractivity contribution >= 4 is 34.5 Å². The van der Waals surface area contributed by atoms with Crippen LogP contribution in [0, 0.1) is 6.92 Å². The van der Waals surface area contributed by atoms with Crippen molar-refractivity contribution in [1.82, 2.24) is 34.9 Å². The number of hydrogen-bond acceptors (Lipinski definition) is 7. The van der Waals surface area contributed by atoms with Gasteiger partial charge in [0.1, 0.15) is 24.3 Å². The van der Waals surface area contributed by atoms with Crippen molar-refractivity contribution in [3.8, 4) is 0 Å². The number of nitrogens with zero attached hydrogens (tertiary/aromatic N) is 5. The van der Waals surface area contributed by atoms with Crippen LogP contribution >= 0.6 is 0 Å². The summed E-state index contributed by atoms with van der Waals surface area (Å²) in [6.07, 6.45) is -0.251. The summed E-state index contributed by atoms with van der Waals surface area (Å²) in [5.41, 5.74) is 3.26. The molecule has 186 valence electrons. The lowest BCUT2D eigenvalue weighted by Gasteiger charge is -2.33. The summed E-state index contributed by atoms with van der Waals surface area (Å²) in [5, 5.41) is 12.9. The molecule has 1 atom stereocenters. The minimum atomic E-state index is -0.352. The van der Waals surface area contributed by atoms with E-state index in [0.29, 0.717) is 37.2 Å². The number of hydrogen-bond donors (Lipinski definition) is 3. The van der Waals surface area contributed by atoms with Crippen molar-refractivity contribution in [3.05, 3.63) is 65.7 Å². The third-order valence-corrected chi connectivity index (χ3v) is 6.11. The first-order valence-electron chi connectivity index (χ1n) is 11.8. The minimum absolute atomic E-state index is 0.0640. The van der Waals surface area contributed by atoms with Crippen LogP contribution in [0.4, 0.5) is 11.6 Å². The Morgan fingerprint density at radius 2 is 2.00 bits per heavy atom. The van der Waals surface area contributed by atoms with E-state index in [4.69, 9.17) is 4.74 Å². The van der Waals surface area contributed by atoms with Gasteiger partial charge in [-0.3, -0.25) is 14.7 Å². The van der Waals surface area contributed by atoms with Crippen molar-refractivity contribution in [2.24, 2.45) is 0 Å². The van der Waals surface area contributed by atoms with Crippen LogP contribution in [0.2, 0.25) is 0 Å². The molecule has 0 unspecified atom stereocenters. The number of benzene rings is 1. The van der Waals surface area contributed by atoms with Crippen LogP contribution in [0.1, 0.15) is 23.3 Å². The summed E-state index contributed by atoms with van der Waals surface area (Å²) < 4.78 is 7.80. The quantitative estimate of drug-likeness (QED) is 0.363. The summed E-state index contributed by atoms with van der Waals surface area (Å²) in [6, 6.07) is 15.1. The fourth-order valence-electron chi connectivity index (χ4n) is 4.27. The summed E-state index contributed by atoms with van der Waals surface area (Å²) in [5.74, 6) is 1.66. The molecule has 0 aliphatic carbocycles. The molecule has 0 saturated carbocycles. The first-order chi connectivity index (χ1) is 17.5. The van der Waals surface area contributed by atoms with Crippen molar-refractivity contribution in [3.63, 3.8) is 0 Å². The molecule has 4 heterocycles. The Balaban J connectivity index is 1.31. The molecule has 0 radical (unpaired) electrons. The number of para-hydroxylation sites is 2. The molecule has 0 spiro atoms. The lowest BCUT2D eigenvalue weighted by atomic mass is 10.2. The Morgan fingerprint density at radius 3 is 2.81 bits per heavy atom. The molecule has 11 nitrogen and oxygen atoms in total. The smallest absolute Gasteiger partial charge is 0.242 e. The van der Waals surface area contributed by atoms with Gasteiger partial charge in [0, 0.05) is 25.4 Å². The van der Waals surface area contributed by atoms with Gasteiger partial charge >= 0.3 is 0 Å². The number of aromatic amines is 1. The number of nitrogens with one attached hydrogen (secondary N) is 3. The standard InChI is InChI=1S/C25H28N8O3/c1-16-12-22(31-30-16)29-21-9-5-7-18(27-21)20-14-32(10-11-36-20)25(35)15-33-19-8-4-3-6-17(19)28-23(33)13-24(34)26-2/h3-9,12,20H,10-11,13-15H2,1-2H3,(H,26,34)(H2,27,29,30,31)/t20-/m1/s1. The Bertz CT molecular complexity index is 1390. The maximum absolute atomic E-state index is 13.4. The second-order valence-corrected chi connectivity index (χ2v) is 8.66. The summed E-state index contributed by atoms with van der Waals surface area (Å²) in [4.78, 5) is 36.5. The van der Waals surface area contributed by atoms with Crippen LogP contribution in [0.15, 0.2) is 48.5 Å². The molecule has 1 aliphatic heterocycles. The molecule has 4 aromatic rings. The molecule has 1 fully saturated rings. The van der Waals surface area contributed by atoms with Crippen molar-refractivity contribution in [2.75, 3.05) is 32.1 Å². The Kier molecular flexibility index (Phi) is 6.63. The van der Waals surface area contributed by atoms with Crippen LogP contribution in [0.3, 0.4) is 0 Å². The highest BCUT2D eigenvalue weighted by molar-refractivity contribution is 5.83. The number of rotatable bonds is 7. The van der Waals surface area contributed by atoms with E-state index in [1.54, 1.807) is 11.9 Å². The normalized spacial score (nSPS) is 15.7. The molecular weight excluding hydrogens is 460 g/mol. The zero-order valence-corrected chi connectivity index (χ0v) is 20.2. The number of amides is 2. The molecule has 11 heteroatoms. The Hall–Kier alpha value is -4.25. The maximum atomic E-state index is 13.4. The first-order valence-corrected chi connectivity index (χ1v) is 11.8. The van der Waals surface area contributed by atoms with E-state index in [1.807, 2.05) is 60.0 Å². The van der Waals surface area contributed by atoms with Gasteiger partial charge in [0.25, 0.3) is 0 Å². The molecule has 1 aromatic carbocycles. The van der Waals surface area contributed by atoms with Gasteiger partial charge in [-0.25, -0.2) is 9.97 Å². The summed E-state index contributed by atoms with van der Waals surface area (Å²) in [7, 11) is 1.59. The van der Waals surface area contributed by atoms with Gasteiger partial charge in [-0.05, 0) is 31.2 Å². The molecule has 0 bridgehead atoms. The summed E-state index contributed by atoms with van der Waals surface area (Å²) in [6.45, 7) is 3.29. The predicted octanol–water partition coefficient (Wildman–Crippen LogP) is 2.10. The monoisotopic (exact) mass is 488 g/mol. The highest BCUT2D eigenvalue weighted by atomic mass is 16.5. The second kappa shape index (κ2) is 10.2. The van der Waals surface area contributed by atoms with E-state index in [1.165, 1.54) is 0 Å². The molecule has 1 aliphatic rings. The zero-order chi connectivity index (χ0) is 25.1. The number of carbonyl (C=O) groups excluding carboxylic acids is 2. The van der Waals surface area contributed by atoms with E-state index in [9.17, 15) is 9.59 Å². The molecule has 2 amide bonds. The lowest BCUT2D eigenvalue weighted by molar-refractivity contribution is -0.139. The van der Waals surface area contributed by atoms with Gasteiger partial charge in [0.15, 0.2) is 5.82 Å². The molecule has 1 saturated heterocycles. The topological polar surface area (TPSA) is 130 Å². The third-order valence-electron chi connectivity index (χ3n) is 6.11. The van der Waals surface area contributed by atoms with Gasteiger partial charge in [-0.15, -0.1) is 0 Å². The number of imidazole rings is 1. The number of morpholine rings is 1. The molecule has 3 N–H and O–H groups in total. The largest absolute Gasteiger partial charge is 0.368 e. The number of aryl methyl sites for hydroxylation is 1. The van der Waals surface area contributed by atoms with Gasteiger partial charge in [-0.2, -0.15) is 5.10 Å². The fraction of sp³-hybridized carbons (Fsp3) is 0.320. The van der Waals surface area contributed by atoms with Crippen LogP contribution in [0.5, 0.6) is 0 Å². The van der Waals surface area contributed by atoms with Crippen LogP contribution in [-0.4, -0.2) is 68.2 Å². The van der Waals surface area contributed by atoms with E-state index in [2.05, 4.69) is 30.8 Å². The second-order valence-electron chi connectivity index (χ2n) is 8.66. The third kappa shape index (κ3) is 5.05. The van der Waals surface area contributed by atoms with Crippen molar-refractivity contribution in [2.45, 2.75) is 26.0 Å². The first kappa shape index (κ1) is 23.5. The average Bonchev–Trinajstić information content (AvgIpc) is 3.46. The highest BCUT2D eigenvalue weighted by Crippen LogP contribution is 2.24. The molecule has 5 rings (SSSR count). The summed E-state index contributed by atoms with van der Waals surface area (Å²) >= 11 is 0. The lowest BCUT2D eigenvalue weighted by Crippen LogP contribution is -2.44. The van der Waals surface area contributed by atoms with Crippen molar-refractivity contribution < 1.29 is 14.3 Å². The Morgan fingerprint density at radius 1 is 1.14 bits per heavy atom. The predicted molar refractivity (Wildman–Crippen MR) is 134 cm³/mol. The number of ether oxygens (including phenoxy) is 1. The van der Waals surface area contributed by atoms with E-state index < -0.39 is 0 Å². The van der Waals surface area contributed by atoms with Gasteiger partial charge in [0.2, 0.25) is 11.8 Å². The number of aromatic nitrogens is 5.